The Bertz CT molecular complexity index is 842. The molecule has 21 heavy (non-hydrogen) atoms. The minimum Gasteiger partial charge on any atom is -0.341 e. The van der Waals surface area contributed by atoms with Gasteiger partial charge < -0.3 is 9.55 Å². The quantitative estimate of drug-likeness (QED) is 0.754. The topological polar surface area (TPSA) is 92.7 Å². The Labute approximate surface area is 122 Å². The Hall–Kier alpha value is -2.19. The predicted octanol–water partition coefficient (Wildman–Crippen LogP) is 1.08. The molecular weight excluding hydrogens is 290 g/mol. The average molecular weight is 305 g/mol. The van der Waals surface area contributed by atoms with E-state index in [1.165, 1.54) is 6.20 Å². The number of hydrogen-bond acceptors (Lipinski definition) is 4. The van der Waals surface area contributed by atoms with Gasteiger partial charge in [-0.15, -0.1) is 0 Å². The molecule has 0 aliphatic rings. The minimum absolute atomic E-state index is 0.0126. The lowest BCUT2D eigenvalue weighted by molar-refractivity contribution is 0.576. The summed E-state index contributed by atoms with van der Waals surface area (Å²) in [5.74, 6) is 1.20. The lowest BCUT2D eigenvalue weighted by atomic mass is 10.3. The number of imidazole rings is 2. The van der Waals surface area contributed by atoms with Crippen LogP contribution in [0, 0.1) is 6.92 Å². The Morgan fingerprint density at radius 1 is 1.29 bits per heavy atom. The van der Waals surface area contributed by atoms with Crippen LogP contribution in [0.25, 0.3) is 11.0 Å². The zero-order chi connectivity index (χ0) is 15.0. The molecular formula is C13H15N5O2S. The highest BCUT2D eigenvalue weighted by atomic mass is 32.2. The standard InChI is InChI=1S/C13H15N5O2S/c1-9-15-13(8-18(9)2)21(19,20)14-7-12-16-10-5-3-4-6-11(10)17-12/h3-6,8,14H,7H2,1-2H3,(H,16,17). The zero-order valence-electron chi connectivity index (χ0n) is 11.7. The summed E-state index contributed by atoms with van der Waals surface area (Å²) in [5, 5.41) is 0.0126. The van der Waals surface area contributed by atoms with Crippen LogP contribution in [-0.2, 0) is 23.6 Å². The molecule has 110 valence electrons. The van der Waals surface area contributed by atoms with Crippen molar-refractivity contribution >= 4 is 21.1 Å². The molecule has 0 saturated carbocycles. The van der Waals surface area contributed by atoms with Crippen molar-refractivity contribution in [3.8, 4) is 0 Å². The number of aromatic amines is 1. The third kappa shape index (κ3) is 2.67. The second-order valence-electron chi connectivity index (χ2n) is 4.76. The summed E-state index contributed by atoms with van der Waals surface area (Å²) in [4.78, 5) is 11.4. The number of rotatable bonds is 4. The molecule has 0 radical (unpaired) electrons. The SMILES string of the molecule is Cc1nc(S(=O)(=O)NCc2nc3ccccc3[nH]2)cn1C. The van der Waals surface area contributed by atoms with Gasteiger partial charge in [-0.05, 0) is 19.1 Å². The van der Waals surface area contributed by atoms with Crippen LogP contribution in [0.1, 0.15) is 11.6 Å². The molecule has 0 fully saturated rings. The van der Waals surface area contributed by atoms with Gasteiger partial charge >= 0.3 is 0 Å². The van der Waals surface area contributed by atoms with E-state index in [1.807, 2.05) is 24.3 Å². The van der Waals surface area contributed by atoms with E-state index in [1.54, 1.807) is 18.5 Å². The molecule has 0 aliphatic carbocycles. The number of para-hydroxylation sites is 2. The minimum atomic E-state index is -3.64. The highest BCUT2D eigenvalue weighted by Crippen LogP contribution is 2.11. The number of hydrogen-bond donors (Lipinski definition) is 2. The molecule has 8 heteroatoms. The molecule has 2 heterocycles. The van der Waals surface area contributed by atoms with Gasteiger partial charge in [0.25, 0.3) is 10.0 Å². The lowest BCUT2D eigenvalue weighted by Gasteiger charge is -2.01. The number of H-pyrrole nitrogens is 1. The van der Waals surface area contributed by atoms with Gasteiger partial charge in [-0.1, -0.05) is 12.1 Å². The van der Waals surface area contributed by atoms with Crippen LogP contribution in [0.2, 0.25) is 0 Å². The monoisotopic (exact) mass is 305 g/mol. The first-order valence-electron chi connectivity index (χ1n) is 6.39. The molecule has 0 atom stereocenters. The van der Waals surface area contributed by atoms with Gasteiger partial charge in [-0.3, -0.25) is 0 Å². The summed E-state index contributed by atoms with van der Waals surface area (Å²) < 4.78 is 28.5. The number of benzene rings is 1. The molecule has 2 N–H and O–H groups in total. The van der Waals surface area contributed by atoms with Crippen LogP contribution in [0.5, 0.6) is 0 Å². The number of fused-ring (bicyclic) bond motifs is 1. The second kappa shape index (κ2) is 4.97. The van der Waals surface area contributed by atoms with E-state index < -0.39 is 10.0 Å². The van der Waals surface area contributed by atoms with Crippen molar-refractivity contribution in [2.45, 2.75) is 18.5 Å². The number of nitrogens with zero attached hydrogens (tertiary/aromatic N) is 3. The molecule has 0 amide bonds. The molecule has 0 bridgehead atoms. The van der Waals surface area contributed by atoms with Gasteiger partial charge in [-0.25, -0.2) is 23.1 Å². The molecule has 7 nitrogen and oxygen atoms in total. The van der Waals surface area contributed by atoms with Crippen LogP contribution in [0.4, 0.5) is 0 Å². The Balaban J connectivity index is 1.80. The van der Waals surface area contributed by atoms with E-state index in [-0.39, 0.29) is 11.6 Å². The van der Waals surface area contributed by atoms with Gasteiger partial charge in [0, 0.05) is 13.2 Å². The highest BCUT2D eigenvalue weighted by Gasteiger charge is 2.18. The van der Waals surface area contributed by atoms with E-state index >= 15 is 0 Å². The van der Waals surface area contributed by atoms with Gasteiger partial charge in [0.1, 0.15) is 11.6 Å². The Morgan fingerprint density at radius 3 is 2.71 bits per heavy atom. The molecule has 0 aliphatic heterocycles. The average Bonchev–Trinajstić information content (AvgIpc) is 3.01. The third-order valence-electron chi connectivity index (χ3n) is 3.23. The summed E-state index contributed by atoms with van der Waals surface area (Å²) >= 11 is 0. The molecule has 3 rings (SSSR count). The van der Waals surface area contributed by atoms with E-state index in [0.29, 0.717) is 11.6 Å². The fraction of sp³-hybridized carbons (Fsp3) is 0.231. The molecule has 2 aromatic heterocycles. The molecule has 0 spiro atoms. The molecule has 1 aromatic carbocycles. The maximum Gasteiger partial charge on any atom is 0.259 e. The van der Waals surface area contributed by atoms with Crippen LogP contribution in [0.15, 0.2) is 35.5 Å². The van der Waals surface area contributed by atoms with Crippen molar-refractivity contribution in [3.63, 3.8) is 0 Å². The van der Waals surface area contributed by atoms with Crippen LogP contribution < -0.4 is 4.72 Å². The molecule has 0 unspecified atom stereocenters. The first-order valence-corrected chi connectivity index (χ1v) is 7.87. The molecule has 0 saturated heterocycles. The number of nitrogens with one attached hydrogen (secondary N) is 2. The predicted molar refractivity (Wildman–Crippen MR) is 78.1 cm³/mol. The zero-order valence-corrected chi connectivity index (χ0v) is 12.5. The van der Waals surface area contributed by atoms with Crippen molar-refractivity contribution in [2.75, 3.05) is 0 Å². The number of aromatic nitrogens is 4. The smallest absolute Gasteiger partial charge is 0.259 e. The fourth-order valence-electron chi connectivity index (χ4n) is 1.98. The van der Waals surface area contributed by atoms with E-state index in [9.17, 15) is 8.42 Å². The van der Waals surface area contributed by atoms with Gasteiger partial charge in [0.15, 0.2) is 5.03 Å². The van der Waals surface area contributed by atoms with Crippen molar-refractivity contribution in [2.24, 2.45) is 7.05 Å². The largest absolute Gasteiger partial charge is 0.341 e. The van der Waals surface area contributed by atoms with Gasteiger partial charge in [0.05, 0.1) is 17.6 Å². The lowest BCUT2D eigenvalue weighted by Crippen LogP contribution is -2.24. The van der Waals surface area contributed by atoms with Gasteiger partial charge in [0.2, 0.25) is 0 Å². The number of sulfonamides is 1. The third-order valence-corrected chi connectivity index (χ3v) is 4.50. The summed E-state index contributed by atoms with van der Waals surface area (Å²) in [5.41, 5.74) is 1.68. The summed E-state index contributed by atoms with van der Waals surface area (Å²) in [6, 6.07) is 7.54. The summed E-state index contributed by atoms with van der Waals surface area (Å²) in [6.45, 7) is 1.84. The highest BCUT2D eigenvalue weighted by molar-refractivity contribution is 7.89. The van der Waals surface area contributed by atoms with Crippen LogP contribution >= 0.6 is 0 Å². The summed E-state index contributed by atoms with van der Waals surface area (Å²) in [7, 11) is -1.89. The molecule has 3 aromatic rings. The van der Waals surface area contributed by atoms with E-state index in [0.717, 1.165) is 11.0 Å². The Kier molecular flexibility index (Phi) is 3.26. The first kappa shape index (κ1) is 13.8. The van der Waals surface area contributed by atoms with Crippen molar-refractivity contribution in [1.29, 1.82) is 0 Å². The maximum atomic E-state index is 12.2. The first-order chi connectivity index (χ1) is 9.95. The van der Waals surface area contributed by atoms with Crippen molar-refractivity contribution < 1.29 is 8.42 Å². The van der Waals surface area contributed by atoms with Gasteiger partial charge in [-0.2, -0.15) is 0 Å². The van der Waals surface area contributed by atoms with Crippen molar-refractivity contribution in [1.82, 2.24) is 24.2 Å². The van der Waals surface area contributed by atoms with E-state index in [4.69, 9.17) is 0 Å². The van der Waals surface area contributed by atoms with Crippen LogP contribution in [0.3, 0.4) is 0 Å². The summed E-state index contributed by atoms with van der Waals surface area (Å²) in [6.07, 6.45) is 1.48. The maximum absolute atomic E-state index is 12.2. The normalized spacial score (nSPS) is 12.1. The second-order valence-corrected chi connectivity index (χ2v) is 6.48. The van der Waals surface area contributed by atoms with Crippen LogP contribution in [-0.4, -0.2) is 27.9 Å². The fourth-order valence-corrected chi connectivity index (χ4v) is 3.01. The van der Waals surface area contributed by atoms with E-state index in [2.05, 4.69) is 19.7 Å². The number of aryl methyl sites for hydroxylation is 2. The van der Waals surface area contributed by atoms with Crippen molar-refractivity contribution in [3.05, 3.63) is 42.1 Å². The Morgan fingerprint density at radius 2 is 2.05 bits per heavy atom.